The van der Waals surface area contributed by atoms with Gasteiger partial charge in [0.2, 0.25) is 0 Å². The van der Waals surface area contributed by atoms with Crippen LogP contribution < -0.4 is 5.73 Å². The molecule has 0 aliphatic rings. The second-order valence-corrected chi connectivity index (χ2v) is 1.04. The zero-order valence-electron chi connectivity index (χ0n) is 4.39. The summed E-state index contributed by atoms with van der Waals surface area (Å²) in [6.07, 6.45) is 0.682. The number of hydrogen-bond donors (Lipinski definition) is 1. The molecule has 0 bridgehead atoms. The van der Waals surface area contributed by atoms with Gasteiger partial charge in [-0.1, -0.05) is 6.58 Å². The van der Waals surface area contributed by atoms with E-state index in [0.717, 1.165) is 0 Å². The Hall–Kier alpha value is -1.21. The van der Waals surface area contributed by atoms with Crippen LogP contribution in [0.1, 0.15) is 0 Å². The van der Waals surface area contributed by atoms with Gasteiger partial charge >= 0.3 is 6.09 Å². The number of primary amides is 1. The molecule has 0 saturated heterocycles. The first-order valence-corrected chi connectivity index (χ1v) is 2.04. The third-order valence-electron chi connectivity index (χ3n) is 0.453. The van der Waals surface area contributed by atoms with Gasteiger partial charge in [0.25, 0.3) is 0 Å². The van der Waals surface area contributed by atoms with Gasteiger partial charge in [0.05, 0.1) is 0 Å². The molecule has 0 aliphatic heterocycles. The third kappa shape index (κ3) is 4.79. The van der Waals surface area contributed by atoms with Gasteiger partial charge in [-0.2, -0.15) is 0 Å². The van der Waals surface area contributed by atoms with Crippen molar-refractivity contribution in [1.82, 2.24) is 0 Å². The summed E-state index contributed by atoms with van der Waals surface area (Å²) >= 11 is 0. The van der Waals surface area contributed by atoms with Crippen LogP contribution in [-0.4, -0.2) is 12.7 Å². The van der Waals surface area contributed by atoms with E-state index >= 15 is 0 Å². The van der Waals surface area contributed by atoms with Crippen molar-refractivity contribution in [2.24, 2.45) is 5.73 Å². The van der Waals surface area contributed by atoms with Gasteiger partial charge in [-0.15, -0.1) is 5.73 Å². The Morgan fingerprint density at radius 1 is 2.00 bits per heavy atom. The lowest BCUT2D eigenvalue weighted by Gasteiger charge is -1.90. The molecule has 0 spiro atoms. The number of amides is 1. The molecule has 0 rings (SSSR count). The largest absolute Gasteiger partial charge is 0.445 e. The number of carbonyl (C=O) groups excluding carboxylic acids is 1. The van der Waals surface area contributed by atoms with Gasteiger partial charge in [-0.3, -0.25) is 0 Å². The van der Waals surface area contributed by atoms with Crippen LogP contribution in [-0.2, 0) is 4.74 Å². The van der Waals surface area contributed by atoms with Crippen LogP contribution in [0.15, 0.2) is 18.4 Å². The Morgan fingerprint density at radius 2 is 2.62 bits per heavy atom. The Kier molecular flexibility index (Phi) is 3.36. The predicted octanol–water partition coefficient (Wildman–Crippen LogP) is 0.423. The minimum Gasteiger partial charge on any atom is -0.445 e. The highest BCUT2D eigenvalue weighted by Crippen LogP contribution is 1.71. The molecular weight excluding hydrogens is 106 g/mol. The highest BCUT2D eigenvalue weighted by molar-refractivity contribution is 5.64. The van der Waals surface area contributed by atoms with Crippen LogP contribution in [0.2, 0.25) is 0 Å². The zero-order chi connectivity index (χ0) is 6.41. The molecule has 1 amide bonds. The number of ether oxygens (including phenoxy) is 1. The first-order chi connectivity index (χ1) is 3.77. The molecule has 8 heavy (non-hydrogen) atoms. The topological polar surface area (TPSA) is 52.3 Å². The first-order valence-electron chi connectivity index (χ1n) is 2.04. The fourth-order valence-electron chi connectivity index (χ4n) is 0.183. The molecule has 3 nitrogen and oxygen atoms in total. The van der Waals surface area contributed by atoms with E-state index < -0.39 is 6.09 Å². The second kappa shape index (κ2) is 3.96. The molecular formula is C5H7NO2. The molecule has 0 aliphatic carbocycles. The molecule has 0 aromatic carbocycles. The molecule has 0 unspecified atom stereocenters. The van der Waals surface area contributed by atoms with Crippen LogP contribution in [0.4, 0.5) is 4.79 Å². The van der Waals surface area contributed by atoms with Gasteiger partial charge in [0.15, 0.2) is 0 Å². The van der Waals surface area contributed by atoms with E-state index in [4.69, 9.17) is 0 Å². The Labute approximate surface area is 47.4 Å². The van der Waals surface area contributed by atoms with Gasteiger partial charge in [0, 0.05) is 0 Å². The number of rotatable bonds is 2. The molecule has 0 saturated carbocycles. The fourth-order valence-corrected chi connectivity index (χ4v) is 0.183. The molecule has 0 aromatic heterocycles. The van der Waals surface area contributed by atoms with E-state index in [0.29, 0.717) is 0 Å². The van der Waals surface area contributed by atoms with Crippen molar-refractivity contribution in [3.8, 4) is 0 Å². The van der Waals surface area contributed by atoms with Crippen molar-refractivity contribution in [2.75, 3.05) is 6.61 Å². The number of nitrogens with two attached hydrogens (primary N) is 1. The monoisotopic (exact) mass is 113 g/mol. The summed E-state index contributed by atoms with van der Waals surface area (Å²) < 4.78 is 4.26. The molecule has 0 fully saturated rings. The molecule has 2 N–H and O–H groups in total. The second-order valence-electron chi connectivity index (χ2n) is 1.04. The molecule has 0 heterocycles. The maximum absolute atomic E-state index is 9.81. The van der Waals surface area contributed by atoms with E-state index in [1.54, 1.807) is 0 Å². The normalized spacial score (nSPS) is 7.00. The van der Waals surface area contributed by atoms with Crippen molar-refractivity contribution in [3.63, 3.8) is 0 Å². The van der Waals surface area contributed by atoms with Crippen LogP contribution in [0.5, 0.6) is 0 Å². The Balaban J connectivity index is 3.18. The lowest BCUT2D eigenvalue weighted by atomic mass is 10.6. The van der Waals surface area contributed by atoms with Gasteiger partial charge in [-0.05, 0) is 6.08 Å². The summed E-state index contributed by atoms with van der Waals surface area (Å²) in [5, 5.41) is 0. The SMILES string of the molecule is C=C=CCOC(N)=O. The highest BCUT2D eigenvalue weighted by atomic mass is 16.5. The average Bonchev–Trinajstić information content (AvgIpc) is 1.66. The smallest absolute Gasteiger partial charge is 0.404 e. The third-order valence-corrected chi connectivity index (χ3v) is 0.453. The standard InChI is InChI=1S/C5H7NO2/c1-2-3-4-8-5(6)7/h3H,1,4H2,(H2,6,7). The molecule has 0 radical (unpaired) electrons. The van der Waals surface area contributed by atoms with Gasteiger partial charge in [0.1, 0.15) is 6.61 Å². The Morgan fingerprint density at radius 3 is 3.00 bits per heavy atom. The summed E-state index contributed by atoms with van der Waals surface area (Å²) in [5.74, 6) is 0. The van der Waals surface area contributed by atoms with Gasteiger partial charge < -0.3 is 10.5 Å². The lowest BCUT2D eigenvalue weighted by molar-refractivity contribution is 0.169. The maximum Gasteiger partial charge on any atom is 0.404 e. The minimum absolute atomic E-state index is 0.152. The van der Waals surface area contributed by atoms with Crippen molar-refractivity contribution >= 4 is 6.09 Å². The molecule has 0 aromatic rings. The van der Waals surface area contributed by atoms with E-state index in [2.05, 4.69) is 22.8 Å². The van der Waals surface area contributed by atoms with Crippen molar-refractivity contribution in [3.05, 3.63) is 18.4 Å². The van der Waals surface area contributed by atoms with E-state index in [9.17, 15) is 4.79 Å². The number of hydrogen-bond acceptors (Lipinski definition) is 2. The van der Waals surface area contributed by atoms with Crippen LogP contribution in [0.3, 0.4) is 0 Å². The van der Waals surface area contributed by atoms with Crippen molar-refractivity contribution < 1.29 is 9.53 Å². The van der Waals surface area contributed by atoms with E-state index in [1.165, 1.54) is 6.08 Å². The lowest BCUT2D eigenvalue weighted by Crippen LogP contribution is -2.12. The molecule has 3 heteroatoms. The first kappa shape index (κ1) is 6.79. The summed E-state index contributed by atoms with van der Waals surface area (Å²) in [5.41, 5.74) is 7.02. The molecule has 0 atom stereocenters. The van der Waals surface area contributed by atoms with E-state index in [-0.39, 0.29) is 6.61 Å². The van der Waals surface area contributed by atoms with E-state index in [1.807, 2.05) is 0 Å². The van der Waals surface area contributed by atoms with Crippen LogP contribution in [0, 0.1) is 0 Å². The molecule has 44 valence electrons. The number of carbonyl (C=O) groups is 1. The summed E-state index contributed by atoms with van der Waals surface area (Å²) in [7, 11) is 0. The summed E-state index contributed by atoms with van der Waals surface area (Å²) in [4.78, 5) is 9.81. The van der Waals surface area contributed by atoms with Crippen LogP contribution in [0.25, 0.3) is 0 Å². The fraction of sp³-hybridized carbons (Fsp3) is 0.200. The van der Waals surface area contributed by atoms with Crippen LogP contribution >= 0.6 is 0 Å². The predicted molar refractivity (Wildman–Crippen MR) is 29.2 cm³/mol. The quantitative estimate of drug-likeness (QED) is 0.528. The zero-order valence-corrected chi connectivity index (χ0v) is 4.39. The summed E-state index contributed by atoms with van der Waals surface area (Å²) in [6.45, 7) is 3.40. The summed E-state index contributed by atoms with van der Waals surface area (Å²) in [6, 6.07) is 0. The van der Waals surface area contributed by atoms with Gasteiger partial charge in [-0.25, -0.2) is 4.79 Å². The minimum atomic E-state index is -0.781. The Bertz CT molecular complexity index is 122. The average molecular weight is 113 g/mol. The maximum atomic E-state index is 9.81. The highest BCUT2D eigenvalue weighted by Gasteiger charge is 1.84. The van der Waals surface area contributed by atoms with Crippen molar-refractivity contribution in [2.45, 2.75) is 0 Å². The van der Waals surface area contributed by atoms with Crippen molar-refractivity contribution in [1.29, 1.82) is 0 Å².